The van der Waals surface area contributed by atoms with E-state index in [1.807, 2.05) is 0 Å². The highest BCUT2D eigenvalue weighted by Gasteiger charge is 2.33. The molecule has 0 spiro atoms. The van der Waals surface area contributed by atoms with Crippen LogP contribution in [0.3, 0.4) is 0 Å². The normalized spacial score (nSPS) is 12.7. The zero-order chi connectivity index (χ0) is 13.6. The number of amides is 1. The summed E-state index contributed by atoms with van der Waals surface area (Å²) in [5, 5.41) is 10.9. The molecular weight excluding hydrogens is 226 g/mol. The monoisotopic (exact) mass is 245 g/mol. The zero-order valence-corrected chi connectivity index (χ0v) is 10.6. The maximum Gasteiger partial charge on any atom is 0.328 e. The molecule has 0 unspecified atom stereocenters. The fourth-order valence-electron chi connectivity index (χ4n) is 1.20. The van der Waals surface area contributed by atoms with E-state index in [9.17, 15) is 14.4 Å². The number of esters is 1. The predicted octanol–water partition coefficient (Wildman–Crippen LogP) is 0.555. The van der Waals surface area contributed by atoms with Crippen molar-refractivity contribution in [2.24, 2.45) is 5.41 Å². The van der Waals surface area contributed by atoms with Crippen LogP contribution in [0.1, 0.15) is 33.6 Å². The summed E-state index contributed by atoms with van der Waals surface area (Å²) < 4.78 is 4.60. The quantitative estimate of drug-likeness (QED) is 0.690. The predicted molar refractivity (Wildman–Crippen MR) is 60.3 cm³/mol. The molecule has 0 aromatic heterocycles. The van der Waals surface area contributed by atoms with Gasteiger partial charge in [0.15, 0.2) is 0 Å². The van der Waals surface area contributed by atoms with Gasteiger partial charge in [-0.2, -0.15) is 0 Å². The molecule has 0 heterocycles. The van der Waals surface area contributed by atoms with E-state index in [2.05, 4.69) is 10.1 Å². The standard InChI is InChI=1S/C11H19NO5/c1-11(2,3)9(10(16)17-4)12-7(13)5-6-8(14)15/h9H,5-6H2,1-4H3,(H,12,13)(H,14,15)/t9-/m1/s1. The second kappa shape index (κ2) is 6.22. The van der Waals surface area contributed by atoms with Crippen LogP contribution in [-0.2, 0) is 19.1 Å². The fraction of sp³-hybridized carbons (Fsp3) is 0.727. The molecule has 0 aliphatic heterocycles. The fourth-order valence-corrected chi connectivity index (χ4v) is 1.20. The molecule has 2 N–H and O–H groups in total. The molecule has 1 amide bonds. The minimum Gasteiger partial charge on any atom is -0.481 e. The van der Waals surface area contributed by atoms with Gasteiger partial charge in [-0.25, -0.2) is 4.79 Å². The zero-order valence-electron chi connectivity index (χ0n) is 10.6. The number of carbonyl (C=O) groups excluding carboxylic acids is 2. The van der Waals surface area contributed by atoms with Crippen molar-refractivity contribution in [2.45, 2.75) is 39.7 Å². The number of aliphatic carboxylic acids is 1. The van der Waals surface area contributed by atoms with Crippen LogP contribution in [0.2, 0.25) is 0 Å². The Morgan fingerprint density at radius 3 is 2.12 bits per heavy atom. The van der Waals surface area contributed by atoms with Gasteiger partial charge in [-0.3, -0.25) is 9.59 Å². The lowest BCUT2D eigenvalue weighted by atomic mass is 9.86. The molecule has 0 aliphatic rings. The lowest BCUT2D eigenvalue weighted by molar-refractivity contribution is -0.148. The second-order valence-electron chi connectivity index (χ2n) is 4.78. The Balaban J connectivity index is 4.50. The van der Waals surface area contributed by atoms with E-state index < -0.39 is 29.3 Å². The lowest BCUT2D eigenvalue weighted by Crippen LogP contribution is -2.49. The van der Waals surface area contributed by atoms with Gasteiger partial charge in [0.25, 0.3) is 0 Å². The number of rotatable bonds is 5. The smallest absolute Gasteiger partial charge is 0.328 e. The first-order valence-electron chi connectivity index (χ1n) is 5.27. The summed E-state index contributed by atoms with van der Waals surface area (Å²) in [6, 6.07) is -0.784. The van der Waals surface area contributed by atoms with Gasteiger partial charge in [0.05, 0.1) is 13.5 Å². The van der Waals surface area contributed by atoms with E-state index in [-0.39, 0.29) is 12.8 Å². The molecule has 0 rings (SSSR count). The molecule has 98 valence electrons. The van der Waals surface area contributed by atoms with Gasteiger partial charge >= 0.3 is 11.9 Å². The number of carboxylic acid groups (broad SMARTS) is 1. The third kappa shape index (κ3) is 5.89. The average molecular weight is 245 g/mol. The Kier molecular flexibility index (Phi) is 5.64. The Morgan fingerprint density at radius 2 is 1.76 bits per heavy atom. The molecule has 0 bridgehead atoms. The number of hydrogen-bond acceptors (Lipinski definition) is 4. The number of methoxy groups -OCH3 is 1. The van der Waals surface area contributed by atoms with Crippen LogP contribution in [0.15, 0.2) is 0 Å². The Morgan fingerprint density at radius 1 is 1.24 bits per heavy atom. The van der Waals surface area contributed by atoms with Crippen LogP contribution < -0.4 is 5.32 Å². The van der Waals surface area contributed by atoms with Gasteiger partial charge in [0, 0.05) is 6.42 Å². The van der Waals surface area contributed by atoms with Crippen LogP contribution in [0.5, 0.6) is 0 Å². The van der Waals surface area contributed by atoms with E-state index in [1.165, 1.54) is 7.11 Å². The molecular formula is C11H19NO5. The van der Waals surface area contributed by atoms with E-state index in [0.717, 1.165) is 0 Å². The minimum atomic E-state index is -1.05. The number of nitrogens with one attached hydrogen (secondary N) is 1. The molecule has 6 heteroatoms. The molecule has 1 atom stereocenters. The van der Waals surface area contributed by atoms with Crippen LogP contribution >= 0.6 is 0 Å². The van der Waals surface area contributed by atoms with E-state index >= 15 is 0 Å². The number of hydrogen-bond donors (Lipinski definition) is 2. The van der Waals surface area contributed by atoms with Crippen LogP contribution in [0.4, 0.5) is 0 Å². The molecule has 0 radical (unpaired) electrons. The van der Waals surface area contributed by atoms with Crippen molar-refractivity contribution >= 4 is 17.8 Å². The molecule has 0 aliphatic carbocycles. The summed E-state index contributed by atoms with van der Waals surface area (Å²) in [5.41, 5.74) is -0.494. The lowest BCUT2D eigenvalue weighted by Gasteiger charge is -2.28. The third-order valence-electron chi connectivity index (χ3n) is 2.17. The average Bonchev–Trinajstić information content (AvgIpc) is 2.20. The Hall–Kier alpha value is -1.59. The van der Waals surface area contributed by atoms with Crippen molar-refractivity contribution in [2.75, 3.05) is 7.11 Å². The van der Waals surface area contributed by atoms with Gasteiger partial charge in [-0.1, -0.05) is 20.8 Å². The third-order valence-corrected chi connectivity index (χ3v) is 2.17. The Labute approximate surface area is 100 Å². The highest BCUT2D eigenvalue weighted by atomic mass is 16.5. The molecule has 6 nitrogen and oxygen atoms in total. The summed E-state index contributed by atoms with van der Waals surface area (Å²) in [5.74, 6) is -2.07. The van der Waals surface area contributed by atoms with E-state index in [4.69, 9.17) is 5.11 Å². The minimum absolute atomic E-state index is 0.154. The summed E-state index contributed by atoms with van der Waals surface area (Å²) in [4.78, 5) is 33.2. The highest BCUT2D eigenvalue weighted by Crippen LogP contribution is 2.20. The van der Waals surface area contributed by atoms with Crippen molar-refractivity contribution in [3.8, 4) is 0 Å². The number of carboxylic acids is 1. The largest absolute Gasteiger partial charge is 0.481 e. The SMILES string of the molecule is COC(=O)[C@@H](NC(=O)CCC(=O)O)C(C)(C)C. The first-order chi connectivity index (χ1) is 7.68. The summed E-state index contributed by atoms with van der Waals surface area (Å²) >= 11 is 0. The van der Waals surface area contributed by atoms with Crippen molar-refractivity contribution < 1.29 is 24.2 Å². The first kappa shape index (κ1) is 15.4. The van der Waals surface area contributed by atoms with E-state index in [1.54, 1.807) is 20.8 Å². The Bertz CT molecular complexity index is 305. The van der Waals surface area contributed by atoms with E-state index in [0.29, 0.717) is 0 Å². The van der Waals surface area contributed by atoms with Crippen LogP contribution in [-0.4, -0.2) is 36.1 Å². The summed E-state index contributed by atoms with van der Waals surface area (Å²) in [6.45, 7) is 5.35. The van der Waals surface area contributed by atoms with Gasteiger partial charge in [0.2, 0.25) is 5.91 Å². The first-order valence-corrected chi connectivity index (χ1v) is 5.27. The van der Waals surface area contributed by atoms with Crippen molar-refractivity contribution in [3.05, 3.63) is 0 Å². The maximum absolute atomic E-state index is 11.5. The van der Waals surface area contributed by atoms with Crippen molar-refractivity contribution in [1.82, 2.24) is 5.32 Å². The molecule has 0 fully saturated rings. The molecule has 0 saturated heterocycles. The number of ether oxygens (including phenoxy) is 1. The van der Waals surface area contributed by atoms with Crippen molar-refractivity contribution in [1.29, 1.82) is 0 Å². The maximum atomic E-state index is 11.5. The van der Waals surface area contributed by atoms with Gasteiger partial charge in [0.1, 0.15) is 6.04 Å². The van der Waals surface area contributed by atoms with Crippen molar-refractivity contribution in [3.63, 3.8) is 0 Å². The van der Waals surface area contributed by atoms with Gasteiger partial charge in [-0.15, -0.1) is 0 Å². The van der Waals surface area contributed by atoms with Gasteiger partial charge < -0.3 is 15.2 Å². The van der Waals surface area contributed by atoms with Crippen LogP contribution in [0, 0.1) is 5.41 Å². The van der Waals surface area contributed by atoms with Gasteiger partial charge in [-0.05, 0) is 5.41 Å². The van der Waals surface area contributed by atoms with Crippen LogP contribution in [0.25, 0.3) is 0 Å². The second-order valence-corrected chi connectivity index (χ2v) is 4.78. The molecule has 17 heavy (non-hydrogen) atoms. The molecule has 0 saturated carbocycles. The molecule has 0 aromatic rings. The topological polar surface area (TPSA) is 92.7 Å². The summed E-state index contributed by atoms with van der Waals surface area (Å²) in [7, 11) is 1.24. The summed E-state index contributed by atoms with van der Waals surface area (Å²) in [6.07, 6.45) is -0.414. The highest BCUT2D eigenvalue weighted by molar-refractivity contribution is 5.86. The number of carbonyl (C=O) groups is 3. The molecule has 0 aromatic carbocycles.